The van der Waals surface area contributed by atoms with E-state index in [1.165, 1.54) is 6.07 Å². The van der Waals surface area contributed by atoms with Crippen molar-refractivity contribution in [2.45, 2.75) is 94.0 Å². The molecule has 1 aromatic heterocycles. The van der Waals surface area contributed by atoms with Crippen molar-refractivity contribution in [3.05, 3.63) is 17.5 Å². The minimum atomic E-state index is -3.33. The summed E-state index contributed by atoms with van der Waals surface area (Å²) in [6, 6.07) is 1.50. The summed E-state index contributed by atoms with van der Waals surface area (Å²) in [6.45, 7) is 0. The molecule has 1 aromatic rings. The first kappa shape index (κ1) is 21.3. The Bertz CT molecular complexity index is 916. The molecule has 0 radical (unpaired) electrons. The number of fused-ring (bicyclic) bond motifs is 2. The van der Waals surface area contributed by atoms with Crippen LogP contribution in [0.5, 0.6) is 0 Å². The number of carbonyl (C=O) groups excluding carboxylic acids is 1. The average molecular weight is 455 g/mol. The largest absolute Gasteiger partial charge is 0.360 e. The lowest BCUT2D eigenvalue weighted by molar-refractivity contribution is 0.0900. The number of carbonyl (C=O) groups is 1. The highest BCUT2D eigenvalue weighted by Crippen LogP contribution is 2.43. The van der Waals surface area contributed by atoms with E-state index in [9.17, 15) is 17.6 Å². The van der Waals surface area contributed by atoms with Crippen LogP contribution >= 0.6 is 0 Å². The van der Waals surface area contributed by atoms with Crippen molar-refractivity contribution in [3.63, 3.8) is 0 Å². The van der Waals surface area contributed by atoms with E-state index in [1.807, 2.05) is 0 Å². The molecule has 4 fully saturated rings. The zero-order chi connectivity index (χ0) is 21.8. The standard InChI is InChI=1S/C21H31FN4O4S/c22-18-9-17(18)20-10-19(25-30-20)21(27)24-14-7-15-5-6-16(8-14)26(15)31(28,29)11-12-1-3-13(23)4-2-12/h10,12-18H,1-9,11,23H2,(H,24,27)/t12?,13?,14?,15?,16?,17-,18-/m1/s1. The van der Waals surface area contributed by atoms with Crippen molar-refractivity contribution in [1.29, 1.82) is 0 Å². The number of nitrogens with zero attached hydrogens (tertiary/aromatic N) is 2. The number of piperidine rings is 1. The van der Waals surface area contributed by atoms with Crippen LogP contribution < -0.4 is 11.1 Å². The smallest absolute Gasteiger partial charge is 0.273 e. The lowest BCUT2D eigenvalue weighted by Gasteiger charge is -2.39. The van der Waals surface area contributed by atoms with E-state index in [1.54, 1.807) is 4.31 Å². The molecule has 3 heterocycles. The summed E-state index contributed by atoms with van der Waals surface area (Å²) in [7, 11) is -3.33. The van der Waals surface area contributed by atoms with Gasteiger partial charge in [-0.15, -0.1) is 0 Å². The molecular formula is C21H31FN4O4S. The summed E-state index contributed by atoms with van der Waals surface area (Å²) < 4.78 is 46.4. The van der Waals surface area contributed by atoms with Gasteiger partial charge in [-0.25, -0.2) is 12.8 Å². The van der Waals surface area contributed by atoms with E-state index in [0.717, 1.165) is 38.5 Å². The summed E-state index contributed by atoms with van der Waals surface area (Å²) in [6.07, 6.45) is 5.95. The number of hydrogen-bond acceptors (Lipinski definition) is 6. The zero-order valence-corrected chi connectivity index (χ0v) is 18.4. The van der Waals surface area contributed by atoms with Crippen molar-refractivity contribution in [2.24, 2.45) is 11.7 Å². The van der Waals surface area contributed by atoms with Crippen LogP contribution in [-0.4, -0.2) is 59.9 Å². The van der Waals surface area contributed by atoms with Gasteiger partial charge in [-0.1, -0.05) is 5.16 Å². The first-order valence-electron chi connectivity index (χ1n) is 11.5. The van der Waals surface area contributed by atoms with Gasteiger partial charge < -0.3 is 15.6 Å². The van der Waals surface area contributed by atoms with Crippen molar-refractivity contribution < 1.29 is 22.1 Å². The van der Waals surface area contributed by atoms with Crippen LogP contribution in [0.2, 0.25) is 0 Å². The van der Waals surface area contributed by atoms with E-state index in [0.29, 0.717) is 25.0 Å². The van der Waals surface area contributed by atoms with Gasteiger partial charge in [0.05, 0.1) is 11.7 Å². The van der Waals surface area contributed by atoms with Crippen LogP contribution in [0.15, 0.2) is 10.6 Å². The van der Waals surface area contributed by atoms with E-state index in [4.69, 9.17) is 10.3 Å². The number of rotatable bonds is 6. The SMILES string of the molecule is NC1CCC(CS(=O)(=O)N2C3CCC2CC(NC(=O)c2cc([C@@H]4C[C@H]4F)on2)C3)CC1. The molecule has 10 heteroatoms. The number of hydrogen-bond donors (Lipinski definition) is 2. The number of halogens is 1. The molecule has 2 aliphatic heterocycles. The molecule has 1 amide bonds. The first-order chi connectivity index (χ1) is 14.8. The molecule has 0 spiro atoms. The number of nitrogens with two attached hydrogens (primary N) is 1. The third-order valence-electron chi connectivity index (χ3n) is 7.50. The fraction of sp³-hybridized carbons (Fsp3) is 0.810. The Morgan fingerprint density at radius 3 is 2.42 bits per heavy atom. The fourth-order valence-electron chi connectivity index (χ4n) is 5.73. The molecule has 2 aliphatic carbocycles. The highest BCUT2D eigenvalue weighted by atomic mass is 32.2. The summed E-state index contributed by atoms with van der Waals surface area (Å²) in [5.74, 6) is 0.201. The van der Waals surface area contributed by atoms with Gasteiger partial charge in [-0.2, -0.15) is 4.31 Å². The Morgan fingerprint density at radius 2 is 1.81 bits per heavy atom. The second kappa shape index (κ2) is 8.12. The first-order valence-corrected chi connectivity index (χ1v) is 13.1. The molecule has 2 saturated heterocycles. The maximum absolute atomic E-state index is 13.2. The molecular weight excluding hydrogens is 423 g/mol. The molecule has 2 saturated carbocycles. The number of aromatic nitrogens is 1. The Kier molecular flexibility index (Phi) is 5.58. The quantitative estimate of drug-likeness (QED) is 0.679. The van der Waals surface area contributed by atoms with Crippen molar-refractivity contribution >= 4 is 15.9 Å². The Labute approximate surface area is 182 Å². The minimum Gasteiger partial charge on any atom is -0.360 e. The number of sulfonamides is 1. The Hall–Kier alpha value is -1.52. The zero-order valence-electron chi connectivity index (χ0n) is 17.6. The number of nitrogens with one attached hydrogen (secondary N) is 1. The van der Waals surface area contributed by atoms with E-state index in [-0.39, 0.29) is 53.4 Å². The topological polar surface area (TPSA) is 119 Å². The Morgan fingerprint density at radius 1 is 1.16 bits per heavy atom. The second-order valence-electron chi connectivity index (χ2n) is 9.89. The van der Waals surface area contributed by atoms with Gasteiger partial charge in [0, 0.05) is 30.2 Å². The van der Waals surface area contributed by atoms with Crippen LogP contribution in [0, 0.1) is 5.92 Å². The normalized spacial score (nSPS) is 38.2. The molecule has 172 valence electrons. The van der Waals surface area contributed by atoms with E-state index >= 15 is 0 Å². The molecule has 5 rings (SSSR count). The molecule has 0 aromatic carbocycles. The lowest BCUT2D eigenvalue weighted by Crippen LogP contribution is -2.53. The maximum Gasteiger partial charge on any atom is 0.273 e. The highest BCUT2D eigenvalue weighted by molar-refractivity contribution is 7.89. The Balaban J connectivity index is 1.18. The van der Waals surface area contributed by atoms with Crippen molar-refractivity contribution in [1.82, 2.24) is 14.8 Å². The fourth-order valence-corrected chi connectivity index (χ4v) is 8.13. The van der Waals surface area contributed by atoms with Crippen LogP contribution in [0.1, 0.15) is 80.0 Å². The maximum atomic E-state index is 13.2. The van der Waals surface area contributed by atoms with Gasteiger partial charge in [0.1, 0.15) is 11.9 Å². The predicted molar refractivity (Wildman–Crippen MR) is 112 cm³/mol. The summed E-state index contributed by atoms with van der Waals surface area (Å²) in [4.78, 5) is 12.6. The van der Waals surface area contributed by atoms with E-state index in [2.05, 4.69) is 10.5 Å². The van der Waals surface area contributed by atoms with Gasteiger partial charge >= 0.3 is 0 Å². The number of amides is 1. The molecule has 4 atom stereocenters. The molecule has 2 unspecified atom stereocenters. The summed E-state index contributed by atoms with van der Waals surface area (Å²) in [5.41, 5.74) is 6.12. The second-order valence-corrected chi connectivity index (χ2v) is 11.8. The highest BCUT2D eigenvalue weighted by Gasteiger charge is 2.47. The van der Waals surface area contributed by atoms with Crippen LogP contribution in [0.3, 0.4) is 0 Å². The summed E-state index contributed by atoms with van der Waals surface area (Å²) in [5, 5.41) is 6.77. The lowest BCUT2D eigenvalue weighted by atomic mass is 9.88. The van der Waals surface area contributed by atoms with Crippen LogP contribution in [0.25, 0.3) is 0 Å². The van der Waals surface area contributed by atoms with Crippen LogP contribution in [0.4, 0.5) is 4.39 Å². The van der Waals surface area contributed by atoms with Gasteiger partial charge in [0.2, 0.25) is 10.0 Å². The van der Waals surface area contributed by atoms with Crippen molar-refractivity contribution in [2.75, 3.05) is 5.75 Å². The average Bonchev–Trinajstić information content (AvgIpc) is 3.13. The predicted octanol–water partition coefficient (Wildman–Crippen LogP) is 2.07. The number of alkyl halides is 1. The molecule has 8 nitrogen and oxygen atoms in total. The van der Waals surface area contributed by atoms with Gasteiger partial charge in [0.15, 0.2) is 5.69 Å². The summed E-state index contributed by atoms with van der Waals surface area (Å²) >= 11 is 0. The third-order valence-corrected chi connectivity index (χ3v) is 9.63. The molecule has 2 bridgehead atoms. The van der Waals surface area contributed by atoms with Gasteiger partial charge in [-0.05, 0) is 63.7 Å². The van der Waals surface area contributed by atoms with Gasteiger partial charge in [0.25, 0.3) is 5.91 Å². The molecule has 3 N–H and O–H groups in total. The monoisotopic (exact) mass is 454 g/mol. The van der Waals surface area contributed by atoms with Gasteiger partial charge in [-0.3, -0.25) is 4.79 Å². The molecule has 4 aliphatic rings. The molecule has 31 heavy (non-hydrogen) atoms. The third kappa shape index (κ3) is 4.39. The van der Waals surface area contributed by atoms with Crippen LogP contribution in [-0.2, 0) is 10.0 Å². The van der Waals surface area contributed by atoms with E-state index < -0.39 is 16.2 Å². The van der Waals surface area contributed by atoms with Crippen molar-refractivity contribution in [3.8, 4) is 0 Å². The minimum absolute atomic E-state index is 0.0634.